The molecule has 0 saturated carbocycles. The average Bonchev–Trinajstić information content (AvgIpc) is 2.54. The Hall–Kier alpha value is -2.67. The SMILES string of the molecule is Cc1ccc(SCC(=O)N/N=C/c2ccccc2[N+](=O)[O-])cc1. The van der Waals surface area contributed by atoms with Gasteiger partial charge in [0, 0.05) is 11.0 Å². The molecule has 0 bridgehead atoms. The number of hydrogen-bond donors (Lipinski definition) is 1. The summed E-state index contributed by atoms with van der Waals surface area (Å²) in [4.78, 5) is 23.1. The number of benzene rings is 2. The standard InChI is InChI=1S/C16H15N3O3S/c1-12-6-8-14(9-7-12)23-11-16(20)18-17-10-13-4-2-3-5-15(13)19(21)22/h2-10H,11H2,1H3,(H,18,20)/b17-10+. The van der Waals surface area contributed by atoms with Crippen molar-refractivity contribution in [3.63, 3.8) is 0 Å². The van der Waals surface area contributed by atoms with E-state index in [1.54, 1.807) is 18.2 Å². The molecule has 0 aliphatic rings. The third-order valence-electron chi connectivity index (χ3n) is 2.92. The second-order valence-corrected chi connectivity index (χ2v) is 5.76. The Bertz CT molecular complexity index is 730. The Balaban J connectivity index is 1.87. The Morgan fingerprint density at radius 2 is 1.96 bits per heavy atom. The van der Waals surface area contributed by atoms with Gasteiger partial charge in [0.25, 0.3) is 5.69 Å². The summed E-state index contributed by atoms with van der Waals surface area (Å²) in [6, 6.07) is 14.1. The summed E-state index contributed by atoms with van der Waals surface area (Å²) in [6.45, 7) is 2.00. The van der Waals surface area contributed by atoms with Crippen LogP contribution in [0.5, 0.6) is 0 Å². The highest BCUT2D eigenvalue weighted by Gasteiger charge is 2.10. The molecule has 23 heavy (non-hydrogen) atoms. The molecule has 2 aromatic carbocycles. The van der Waals surface area contributed by atoms with E-state index in [0.717, 1.165) is 10.5 Å². The minimum absolute atomic E-state index is 0.0560. The van der Waals surface area contributed by atoms with Crippen LogP contribution in [-0.2, 0) is 4.79 Å². The van der Waals surface area contributed by atoms with Gasteiger partial charge in [-0.05, 0) is 25.1 Å². The molecule has 0 aliphatic carbocycles. The minimum atomic E-state index is -0.490. The third-order valence-corrected chi connectivity index (χ3v) is 3.93. The lowest BCUT2D eigenvalue weighted by Gasteiger charge is -2.01. The topological polar surface area (TPSA) is 84.6 Å². The minimum Gasteiger partial charge on any atom is -0.272 e. The lowest BCUT2D eigenvalue weighted by Crippen LogP contribution is -2.19. The Labute approximate surface area is 137 Å². The van der Waals surface area contributed by atoms with Gasteiger partial charge >= 0.3 is 0 Å². The molecule has 6 nitrogen and oxygen atoms in total. The second kappa shape index (κ2) is 8.09. The number of amides is 1. The highest BCUT2D eigenvalue weighted by Crippen LogP contribution is 2.18. The van der Waals surface area contributed by atoms with Crippen molar-refractivity contribution in [2.75, 3.05) is 5.75 Å². The number of nitro benzene ring substituents is 1. The number of hydrazone groups is 1. The van der Waals surface area contributed by atoms with Gasteiger partial charge in [-0.15, -0.1) is 11.8 Å². The van der Waals surface area contributed by atoms with Crippen molar-refractivity contribution < 1.29 is 9.72 Å². The summed E-state index contributed by atoms with van der Waals surface area (Å²) in [6.07, 6.45) is 1.27. The zero-order chi connectivity index (χ0) is 16.7. The van der Waals surface area contributed by atoms with E-state index in [1.807, 2.05) is 31.2 Å². The summed E-state index contributed by atoms with van der Waals surface area (Å²) in [5.41, 5.74) is 3.81. The first kappa shape index (κ1) is 16.7. The molecule has 7 heteroatoms. The average molecular weight is 329 g/mol. The Morgan fingerprint density at radius 1 is 1.26 bits per heavy atom. The quantitative estimate of drug-likeness (QED) is 0.382. The molecule has 0 aliphatic heterocycles. The third kappa shape index (κ3) is 5.23. The van der Waals surface area contributed by atoms with Gasteiger partial charge in [-0.25, -0.2) is 5.43 Å². The summed E-state index contributed by atoms with van der Waals surface area (Å²) in [7, 11) is 0. The van der Waals surface area contributed by atoms with Crippen molar-refractivity contribution >= 4 is 29.6 Å². The van der Waals surface area contributed by atoms with E-state index in [9.17, 15) is 14.9 Å². The maximum atomic E-state index is 11.7. The normalized spacial score (nSPS) is 10.7. The molecule has 1 N–H and O–H groups in total. The van der Waals surface area contributed by atoms with Crippen LogP contribution < -0.4 is 5.43 Å². The number of carbonyl (C=O) groups is 1. The van der Waals surface area contributed by atoms with Crippen LogP contribution in [0.25, 0.3) is 0 Å². The molecule has 2 rings (SSSR count). The molecular formula is C16H15N3O3S. The van der Waals surface area contributed by atoms with E-state index in [4.69, 9.17) is 0 Å². The summed E-state index contributed by atoms with van der Waals surface area (Å²) in [5.74, 6) is -0.0532. The van der Waals surface area contributed by atoms with Crippen molar-refractivity contribution in [1.82, 2.24) is 5.43 Å². The summed E-state index contributed by atoms with van der Waals surface area (Å²) < 4.78 is 0. The smallest absolute Gasteiger partial charge is 0.272 e. The molecule has 0 spiro atoms. The van der Waals surface area contributed by atoms with Gasteiger partial charge in [0.15, 0.2) is 0 Å². The van der Waals surface area contributed by atoms with E-state index >= 15 is 0 Å². The fourth-order valence-corrected chi connectivity index (χ4v) is 2.44. The van der Waals surface area contributed by atoms with Gasteiger partial charge in [0.05, 0.1) is 22.5 Å². The van der Waals surface area contributed by atoms with E-state index in [1.165, 1.54) is 24.0 Å². The Kier molecular flexibility index (Phi) is 5.87. The highest BCUT2D eigenvalue weighted by molar-refractivity contribution is 8.00. The number of nitrogens with one attached hydrogen (secondary N) is 1. The molecule has 0 heterocycles. The second-order valence-electron chi connectivity index (χ2n) is 4.71. The van der Waals surface area contributed by atoms with Gasteiger partial charge in [-0.1, -0.05) is 29.8 Å². The largest absolute Gasteiger partial charge is 0.278 e. The van der Waals surface area contributed by atoms with Crippen LogP contribution in [0.15, 0.2) is 58.5 Å². The van der Waals surface area contributed by atoms with Crippen LogP contribution in [0.2, 0.25) is 0 Å². The van der Waals surface area contributed by atoms with Crippen LogP contribution in [0.3, 0.4) is 0 Å². The fourth-order valence-electron chi connectivity index (χ4n) is 1.75. The first-order valence-electron chi connectivity index (χ1n) is 6.81. The number of carbonyl (C=O) groups excluding carboxylic acids is 1. The number of nitrogens with zero attached hydrogens (tertiary/aromatic N) is 2. The van der Waals surface area contributed by atoms with Gasteiger partial charge in [0.1, 0.15) is 0 Å². The lowest BCUT2D eigenvalue weighted by atomic mass is 10.2. The number of hydrogen-bond acceptors (Lipinski definition) is 5. The van der Waals surface area contributed by atoms with E-state index in [0.29, 0.717) is 5.56 Å². The maximum absolute atomic E-state index is 11.7. The number of rotatable bonds is 6. The molecule has 0 atom stereocenters. The monoisotopic (exact) mass is 329 g/mol. The molecule has 0 radical (unpaired) electrons. The lowest BCUT2D eigenvalue weighted by molar-refractivity contribution is -0.385. The van der Waals surface area contributed by atoms with Crippen LogP contribution in [0.1, 0.15) is 11.1 Å². The molecule has 1 amide bonds. The van der Waals surface area contributed by atoms with Crippen molar-refractivity contribution in [3.05, 3.63) is 69.8 Å². The van der Waals surface area contributed by atoms with Crippen LogP contribution in [0.4, 0.5) is 5.69 Å². The number of nitro groups is 1. The maximum Gasteiger partial charge on any atom is 0.278 e. The van der Waals surface area contributed by atoms with Gasteiger partial charge in [0.2, 0.25) is 5.91 Å². The zero-order valence-electron chi connectivity index (χ0n) is 12.4. The first-order chi connectivity index (χ1) is 11.1. The van der Waals surface area contributed by atoms with Crippen LogP contribution in [0, 0.1) is 17.0 Å². The summed E-state index contributed by atoms with van der Waals surface area (Å²) >= 11 is 1.40. The first-order valence-corrected chi connectivity index (χ1v) is 7.79. The highest BCUT2D eigenvalue weighted by atomic mass is 32.2. The summed E-state index contributed by atoms with van der Waals surface area (Å²) in [5, 5.41) is 14.6. The molecular weight excluding hydrogens is 314 g/mol. The van der Waals surface area contributed by atoms with Crippen LogP contribution in [-0.4, -0.2) is 22.8 Å². The number of aryl methyl sites for hydroxylation is 1. The van der Waals surface area contributed by atoms with Crippen molar-refractivity contribution in [2.45, 2.75) is 11.8 Å². The van der Waals surface area contributed by atoms with E-state index in [2.05, 4.69) is 10.5 Å². The van der Waals surface area contributed by atoms with E-state index < -0.39 is 4.92 Å². The molecule has 0 aromatic heterocycles. The predicted octanol–water partition coefficient (Wildman–Crippen LogP) is 3.15. The van der Waals surface area contributed by atoms with E-state index in [-0.39, 0.29) is 17.3 Å². The van der Waals surface area contributed by atoms with Gasteiger partial charge in [-0.2, -0.15) is 5.10 Å². The van der Waals surface area contributed by atoms with Crippen LogP contribution >= 0.6 is 11.8 Å². The molecule has 0 saturated heterocycles. The predicted molar refractivity (Wildman–Crippen MR) is 90.7 cm³/mol. The number of para-hydroxylation sites is 1. The van der Waals surface area contributed by atoms with Crippen molar-refractivity contribution in [2.24, 2.45) is 5.10 Å². The molecule has 118 valence electrons. The van der Waals surface area contributed by atoms with Crippen molar-refractivity contribution in [3.8, 4) is 0 Å². The van der Waals surface area contributed by atoms with Crippen molar-refractivity contribution in [1.29, 1.82) is 0 Å². The van der Waals surface area contributed by atoms with Gasteiger partial charge < -0.3 is 0 Å². The zero-order valence-corrected chi connectivity index (χ0v) is 13.2. The molecule has 2 aromatic rings. The van der Waals surface area contributed by atoms with Gasteiger partial charge in [-0.3, -0.25) is 14.9 Å². The fraction of sp³-hybridized carbons (Fsp3) is 0.125. The number of thioether (sulfide) groups is 1. The molecule has 0 fully saturated rings. The molecule has 0 unspecified atom stereocenters. The Morgan fingerprint density at radius 3 is 2.65 bits per heavy atom.